The number of amides is 3. The smallest absolute Gasteiger partial charge is 0.252 e. The Kier molecular flexibility index (Phi) is 7.86. The van der Waals surface area contributed by atoms with Crippen LogP contribution in [0.5, 0.6) is 5.75 Å². The predicted octanol–water partition coefficient (Wildman–Crippen LogP) is 2.86. The van der Waals surface area contributed by atoms with E-state index < -0.39 is 0 Å². The van der Waals surface area contributed by atoms with Gasteiger partial charge in [-0.3, -0.25) is 14.4 Å². The van der Waals surface area contributed by atoms with E-state index in [1.807, 2.05) is 24.3 Å². The van der Waals surface area contributed by atoms with Gasteiger partial charge >= 0.3 is 0 Å². The summed E-state index contributed by atoms with van der Waals surface area (Å²) in [5.74, 6) is -0.126. The van der Waals surface area contributed by atoms with Crippen molar-refractivity contribution in [2.75, 3.05) is 43.6 Å². The first-order valence-electron chi connectivity index (χ1n) is 9.88. The number of benzene rings is 2. The van der Waals surface area contributed by atoms with Gasteiger partial charge in [-0.05, 0) is 30.3 Å². The van der Waals surface area contributed by atoms with Crippen LogP contribution in [0.25, 0.3) is 0 Å². The Morgan fingerprint density at radius 3 is 2.74 bits per heavy atom. The zero-order chi connectivity index (χ0) is 22.2. The summed E-state index contributed by atoms with van der Waals surface area (Å²) in [4.78, 5) is 38.7. The molecule has 0 spiro atoms. The molecule has 3 amide bonds. The topological polar surface area (TPSA) is 97.0 Å². The minimum Gasteiger partial charge on any atom is -0.490 e. The molecule has 0 bridgehead atoms. The van der Waals surface area contributed by atoms with Gasteiger partial charge in [0.05, 0.1) is 29.4 Å². The Labute approximate surface area is 185 Å². The Morgan fingerprint density at radius 1 is 1.16 bits per heavy atom. The maximum Gasteiger partial charge on any atom is 0.252 e. The summed E-state index contributed by atoms with van der Waals surface area (Å²) >= 11 is 6.18. The first-order chi connectivity index (χ1) is 15.0. The van der Waals surface area contributed by atoms with E-state index >= 15 is 0 Å². The van der Waals surface area contributed by atoms with Crippen molar-refractivity contribution in [1.82, 2.24) is 5.32 Å². The quantitative estimate of drug-likeness (QED) is 0.609. The number of hydrogen-bond donors (Lipinski definition) is 2. The highest BCUT2D eigenvalue weighted by molar-refractivity contribution is 6.34. The summed E-state index contributed by atoms with van der Waals surface area (Å²) in [5, 5.41) is 5.61. The van der Waals surface area contributed by atoms with Crippen molar-refractivity contribution in [3.63, 3.8) is 0 Å². The number of carbonyl (C=O) groups excluding carboxylic acids is 3. The Hall–Kier alpha value is -3.10. The second kappa shape index (κ2) is 10.8. The summed E-state index contributed by atoms with van der Waals surface area (Å²) in [6, 6.07) is 12.0. The lowest BCUT2D eigenvalue weighted by Crippen LogP contribution is -2.38. The molecule has 0 saturated heterocycles. The van der Waals surface area contributed by atoms with Crippen LogP contribution in [0.15, 0.2) is 42.5 Å². The fourth-order valence-corrected chi connectivity index (χ4v) is 3.41. The molecule has 0 atom stereocenters. The monoisotopic (exact) mass is 445 g/mol. The van der Waals surface area contributed by atoms with Gasteiger partial charge in [-0.15, -0.1) is 0 Å². The second-order valence-electron chi connectivity index (χ2n) is 6.85. The van der Waals surface area contributed by atoms with Crippen molar-refractivity contribution in [2.24, 2.45) is 0 Å². The predicted molar refractivity (Wildman–Crippen MR) is 118 cm³/mol. The number of nitrogens with one attached hydrogen (secondary N) is 2. The van der Waals surface area contributed by atoms with E-state index in [2.05, 4.69) is 10.6 Å². The third-order valence-corrected chi connectivity index (χ3v) is 5.00. The molecule has 0 unspecified atom stereocenters. The number of anilines is 2. The number of halogens is 1. The maximum absolute atomic E-state index is 12.6. The van der Waals surface area contributed by atoms with Crippen LogP contribution in [0.3, 0.4) is 0 Å². The zero-order valence-electron chi connectivity index (χ0n) is 17.2. The molecule has 0 aliphatic carbocycles. The summed E-state index contributed by atoms with van der Waals surface area (Å²) < 4.78 is 10.4. The van der Waals surface area contributed by atoms with Crippen molar-refractivity contribution in [2.45, 2.75) is 12.8 Å². The zero-order valence-corrected chi connectivity index (χ0v) is 17.9. The van der Waals surface area contributed by atoms with Crippen molar-refractivity contribution in [1.29, 1.82) is 0 Å². The first kappa shape index (κ1) is 22.6. The third kappa shape index (κ3) is 5.96. The second-order valence-corrected chi connectivity index (χ2v) is 7.26. The lowest BCUT2D eigenvalue weighted by Gasteiger charge is -2.29. The molecule has 3 rings (SSSR count). The average molecular weight is 446 g/mol. The molecule has 2 aromatic carbocycles. The summed E-state index contributed by atoms with van der Waals surface area (Å²) in [5.41, 5.74) is 1.47. The standard InChI is InChI=1S/C22H24ClN3O5/c1-30-12-10-24-22(29)16-7-6-15(14-17(16)23)25-20(27)8-9-21(28)26-11-13-31-19-5-3-2-4-18(19)26/h2-7,14H,8-13H2,1H3,(H,24,29)(H,25,27). The van der Waals surface area contributed by atoms with E-state index in [-0.39, 0.29) is 35.6 Å². The minimum atomic E-state index is -0.323. The van der Waals surface area contributed by atoms with Crippen LogP contribution in [0.1, 0.15) is 23.2 Å². The van der Waals surface area contributed by atoms with Crippen LogP contribution in [0.2, 0.25) is 5.02 Å². The number of hydrogen-bond acceptors (Lipinski definition) is 5. The molecule has 0 radical (unpaired) electrons. The summed E-state index contributed by atoms with van der Waals surface area (Å²) in [6.07, 6.45) is 0.0864. The average Bonchev–Trinajstić information content (AvgIpc) is 2.77. The van der Waals surface area contributed by atoms with Crippen LogP contribution >= 0.6 is 11.6 Å². The summed E-state index contributed by atoms with van der Waals surface area (Å²) in [6.45, 7) is 1.62. The molecule has 2 aromatic rings. The molecule has 0 aromatic heterocycles. The van der Waals surface area contributed by atoms with Crippen LogP contribution in [0.4, 0.5) is 11.4 Å². The molecule has 1 heterocycles. The van der Waals surface area contributed by atoms with Gasteiger partial charge in [-0.1, -0.05) is 23.7 Å². The van der Waals surface area contributed by atoms with Gasteiger partial charge in [0.2, 0.25) is 11.8 Å². The molecule has 1 aliphatic rings. The number of fused-ring (bicyclic) bond motifs is 1. The lowest BCUT2D eigenvalue weighted by atomic mass is 10.1. The number of carbonyl (C=O) groups is 3. The number of para-hydroxylation sites is 2. The van der Waals surface area contributed by atoms with Crippen LogP contribution < -0.4 is 20.3 Å². The number of nitrogens with zero attached hydrogens (tertiary/aromatic N) is 1. The van der Waals surface area contributed by atoms with Gasteiger partial charge in [0.1, 0.15) is 12.4 Å². The Bertz CT molecular complexity index is 966. The molecule has 8 nitrogen and oxygen atoms in total. The highest BCUT2D eigenvalue weighted by atomic mass is 35.5. The van der Waals surface area contributed by atoms with E-state index in [4.69, 9.17) is 21.1 Å². The van der Waals surface area contributed by atoms with Gasteiger partial charge in [0.25, 0.3) is 5.91 Å². The number of methoxy groups -OCH3 is 1. The normalized spacial score (nSPS) is 12.5. The fraction of sp³-hybridized carbons (Fsp3) is 0.318. The summed E-state index contributed by atoms with van der Waals surface area (Å²) in [7, 11) is 1.55. The van der Waals surface area contributed by atoms with Crippen LogP contribution in [-0.4, -0.2) is 51.1 Å². The fourth-order valence-electron chi connectivity index (χ4n) is 3.15. The lowest BCUT2D eigenvalue weighted by molar-refractivity contribution is -0.122. The van der Waals surface area contributed by atoms with Crippen molar-refractivity contribution >= 4 is 40.7 Å². The molecule has 0 fully saturated rings. The van der Waals surface area contributed by atoms with Crippen molar-refractivity contribution in [3.05, 3.63) is 53.1 Å². The van der Waals surface area contributed by atoms with E-state index in [0.29, 0.717) is 49.0 Å². The van der Waals surface area contributed by atoms with Crippen LogP contribution in [0, 0.1) is 0 Å². The molecular formula is C22H24ClN3O5. The molecule has 1 aliphatic heterocycles. The van der Waals surface area contributed by atoms with Crippen LogP contribution in [-0.2, 0) is 14.3 Å². The van der Waals surface area contributed by atoms with E-state index in [1.165, 1.54) is 12.1 Å². The van der Waals surface area contributed by atoms with Crippen molar-refractivity contribution < 1.29 is 23.9 Å². The molecular weight excluding hydrogens is 422 g/mol. The number of rotatable bonds is 8. The highest BCUT2D eigenvalue weighted by Gasteiger charge is 2.23. The van der Waals surface area contributed by atoms with Crippen molar-refractivity contribution in [3.8, 4) is 5.75 Å². The Morgan fingerprint density at radius 2 is 1.97 bits per heavy atom. The van der Waals surface area contributed by atoms with Gasteiger partial charge in [-0.25, -0.2) is 0 Å². The molecule has 31 heavy (non-hydrogen) atoms. The van der Waals surface area contributed by atoms with Gasteiger partial charge in [-0.2, -0.15) is 0 Å². The molecule has 0 saturated carbocycles. The number of ether oxygens (including phenoxy) is 2. The van der Waals surface area contributed by atoms with Gasteiger partial charge < -0.3 is 25.0 Å². The third-order valence-electron chi connectivity index (χ3n) is 4.68. The molecule has 9 heteroatoms. The molecule has 2 N–H and O–H groups in total. The largest absolute Gasteiger partial charge is 0.490 e. The van der Waals surface area contributed by atoms with Gasteiger partial charge in [0.15, 0.2) is 0 Å². The van der Waals surface area contributed by atoms with E-state index in [1.54, 1.807) is 18.1 Å². The first-order valence-corrected chi connectivity index (χ1v) is 10.3. The molecule has 164 valence electrons. The SMILES string of the molecule is COCCNC(=O)c1ccc(NC(=O)CCC(=O)N2CCOc3ccccc32)cc1Cl. The maximum atomic E-state index is 12.6. The van der Waals surface area contributed by atoms with E-state index in [0.717, 1.165) is 0 Å². The van der Waals surface area contributed by atoms with Gasteiger partial charge in [0, 0.05) is 32.2 Å². The van der Waals surface area contributed by atoms with E-state index in [9.17, 15) is 14.4 Å². The Balaban J connectivity index is 1.52. The highest BCUT2D eigenvalue weighted by Crippen LogP contribution is 2.31. The minimum absolute atomic E-state index is 0.0230.